The monoisotopic (exact) mass is 198 g/mol. The molecule has 2 heterocycles. The lowest BCUT2D eigenvalue weighted by atomic mass is 10.8. The third-order valence-electron chi connectivity index (χ3n) is 1.45. The predicted molar refractivity (Wildman–Crippen MR) is 47.9 cm³/mol. The maximum absolute atomic E-state index is 11.4. The summed E-state index contributed by atoms with van der Waals surface area (Å²) in [5.74, 6) is 0. The Bertz CT molecular complexity index is 331. The Kier molecular flexibility index (Phi) is 2.81. The predicted octanol–water partition coefficient (Wildman–Crippen LogP) is 1.02. The second-order valence-corrected chi connectivity index (χ2v) is 2.22. The van der Waals surface area contributed by atoms with E-state index in [9.17, 15) is 4.79 Å². The summed E-state index contributed by atoms with van der Waals surface area (Å²) in [6, 6.07) is -0.190. The Labute approximate surface area is 80.4 Å². The molecule has 6 heteroatoms. The quantitative estimate of drug-likeness (QED) is 0.635. The van der Waals surface area contributed by atoms with Crippen molar-refractivity contribution in [2.75, 3.05) is 0 Å². The van der Waals surface area contributed by atoms with Crippen LogP contribution in [0.4, 0.5) is 4.79 Å². The Morgan fingerprint density at radius 3 is 1.77 bits per heavy atom. The van der Waals surface area contributed by atoms with Gasteiger partial charge < -0.3 is 0 Å². The number of carbonyl (C=O) groups is 1. The molecule has 0 aliphatic heterocycles. The van der Waals surface area contributed by atoms with Crippen molar-refractivity contribution in [3.8, 4) is 0 Å². The number of hydrogen-bond donors (Lipinski definition) is 0. The van der Waals surface area contributed by atoms with Crippen LogP contribution in [0.5, 0.6) is 0 Å². The standard InChI is InChI=1S/C7H6N4O.ClH/c12-7(10-3-1-8-5-10)11-4-2-9-6-11;/h1-6H;1H. The van der Waals surface area contributed by atoms with Crippen LogP contribution in [-0.4, -0.2) is 25.1 Å². The largest absolute Gasteiger partial charge is 0.338 e. The summed E-state index contributed by atoms with van der Waals surface area (Å²) >= 11 is 0. The van der Waals surface area contributed by atoms with Gasteiger partial charge in [-0.05, 0) is 0 Å². The molecular formula is C7H7ClN4O. The molecule has 0 saturated heterocycles. The van der Waals surface area contributed by atoms with Crippen LogP contribution in [0, 0.1) is 0 Å². The van der Waals surface area contributed by atoms with Crippen LogP contribution >= 0.6 is 12.4 Å². The van der Waals surface area contributed by atoms with Gasteiger partial charge in [-0.1, -0.05) is 0 Å². The van der Waals surface area contributed by atoms with Gasteiger partial charge >= 0.3 is 6.03 Å². The highest BCUT2D eigenvalue weighted by Crippen LogP contribution is 1.91. The lowest BCUT2D eigenvalue weighted by molar-refractivity contribution is 0.244. The number of aromatic nitrogens is 4. The molecule has 2 aromatic heterocycles. The molecule has 0 aliphatic rings. The van der Waals surface area contributed by atoms with Gasteiger partial charge in [0.1, 0.15) is 12.7 Å². The molecule has 2 rings (SSSR count). The van der Waals surface area contributed by atoms with E-state index in [-0.39, 0.29) is 18.4 Å². The van der Waals surface area contributed by atoms with E-state index in [4.69, 9.17) is 0 Å². The fourth-order valence-corrected chi connectivity index (χ4v) is 0.878. The molecule has 0 radical (unpaired) electrons. The first-order chi connectivity index (χ1) is 5.88. The van der Waals surface area contributed by atoms with Crippen LogP contribution in [0.15, 0.2) is 37.4 Å². The van der Waals surface area contributed by atoms with Crippen molar-refractivity contribution in [3.05, 3.63) is 37.4 Å². The maximum Gasteiger partial charge on any atom is 0.338 e. The summed E-state index contributed by atoms with van der Waals surface area (Å²) in [6.07, 6.45) is 9.17. The fourth-order valence-electron chi connectivity index (χ4n) is 0.878. The first-order valence-electron chi connectivity index (χ1n) is 3.38. The van der Waals surface area contributed by atoms with E-state index < -0.39 is 0 Å². The summed E-state index contributed by atoms with van der Waals surface area (Å²) in [4.78, 5) is 18.9. The number of imidazole rings is 2. The van der Waals surface area contributed by atoms with Crippen molar-refractivity contribution in [1.82, 2.24) is 19.1 Å². The Balaban J connectivity index is 0.000000845. The molecule has 0 amide bonds. The summed E-state index contributed by atoms with van der Waals surface area (Å²) in [7, 11) is 0. The normalized spacial score (nSPS) is 9.23. The van der Waals surface area contributed by atoms with Gasteiger partial charge in [0.25, 0.3) is 0 Å². The van der Waals surface area contributed by atoms with Crippen molar-refractivity contribution in [1.29, 1.82) is 0 Å². The van der Waals surface area contributed by atoms with Crippen LogP contribution in [0.2, 0.25) is 0 Å². The first kappa shape index (κ1) is 9.47. The first-order valence-corrected chi connectivity index (χ1v) is 3.38. The number of nitrogens with zero attached hydrogens (tertiary/aromatic N) is 4. The van der Waals surface area contributed by atoms with E-state index in [0.717, 1.165) is 0 Å². The molecule has 0 saturated carbocycles. The van der Waals surface area contributed by atoms with Crippen molar-refractivity contribution in [2.24, 2.45) is 0 Å². The highest BCUT2D eigenvalue weighted by Gasteiger charge is 2.03. The lowest BCUT2D eigenvalue weighted by Crippen LogP contribution is -2.15. The Hall–Kier alpha value is -1.62. The Morgan fingerprint density at radius 1 is 1.00 bits per heavy atom. The highest BCUT2D eigenvalue weighted by atomic mass is 35.5. The molecule has 0 atom stereocenters. The molecule has 0 unspecified atom stereocenters. The van der Waals surface area contributed by atoms with Gasteiger partial charge in [-0.3, -0.25) is 9.13 Å². The molecule has 0 aromatic carbocycles. The molecule has 2 aromatic rings. The van der Waals surface area contributed by atoms with Crippen LogP contribution in [-0.2, 0) is 0 Å². The molecule has 0 bridgehead atoms. The van der Waals surface area contributed by atoms with Crippen molar-refractivity contribution >= 4 is 18.4 Å². The zero-order valence-corrected chi connectivity index (χ0v) is 7.39. The van der Waals surface area contributed by atoms with E-state index in [1.807, 2.05) is 0 Å². The van der Waals surface area contributed by atoms with Crippen LogP contribution in [0.1, 0.15) is 0 Å². The van der Waals surface area contributed by atoms with Crippen LogP contribution < -0.4 is 0 Å². The minimum atomic E-state index is -0.190. The number of halogens is 1. The molecule has 0 spiro atoms. The average Bonchev–Trinajstić information content (AvgIpc) is 2.77. The van der Waals surface area contributed by atoms with Gasteiger partial charge in [-0.2, -0.15) is 0 Å². The molecule has 0 N–H and O–H groups in total. The Morgan fingerprint density at radius 2 is 1.46 bits per heavy atom. The number of carbonyl (C=O) groups excluding carboxylic acids is 1. The van der Waals surface area contributed by atoms with E-state index in [1.54, 1.807) is 24.8 Å². The van der Waals surface area contributed by atoms with Gasteiger partial charge in [0.2, 0.25) is 0 Å². The fraction of sp³-hybridized carbons (Fsp3) is 0. The van der Waals surface area contributed by atoms with Gasteiger partial charge in [0.05, 0.1) is 0 Å². The molecule has 5 nitrogen and oxygen atoms in total. The average molecular weight is 199 g/mol. The second-order valence-electron chi connectivity index (χ2n) is 2.22. The van der Waals surface area contributed by atoms with E-state index in [2.05, 4.69) is 9.97 Å². The lowest BCUT2D eigenvalue weighted by Gasteiger charge is -1.98. The van der Waals surface area contributed by atoms with Crippen molar-refractivity contribution in [3.63, 3.8) is 0 Å². The molecule has 0 aliphatic carbocycles. The zero-order valence-electron chi connectivity index (χ0n) is 6.57. The van der Waals surface area contributed by atoms with E-state index in [0.29, 0.717) is 0 Å². The minimum absolute atomic E-state index is 0. The summed E-state index contributed by atoms with van der Waals surface area (Å²) in [5.41, 5.74) is 0. The van der Waals surface area contributed by atoms with Gasteiger partial charge in [0.15, 0.2) is 0 Å². The maximum atomic E-state index is 11.4. The molecule has 68 valence electrons. The third kappa shape index (κ3) is 1.75. The molecule has 0 fully saturated rings. The minimum Gasteiger partial charge on any atom is -0.257 e. The van der Waals surface area contributed by atoms with Crippen LogP contribution in [0.25, 0.3) is 0 Å². The van der Waals surface area contributed by atoms with Crippen molar-refractivity contribution in [2.45, 2.75) is 0 Å². The van der Waals surface area contributed by atoms with Crippen LogP contribution in [0.3, 0.4) is 0 Å². The second kappa shape index (κ2) is 3.86. The topological polar surface area (TPSA) is 52.7 Å². The smallest absolute Gasteiger partial charge is 0.257 e. The highest BCUT2D eigenvalue weighted by molar-refractivity contribution is 5.85. The summed E-state index contributed by atoms with van der Waals surface area (Å²) in [6.45, 7) is 0. The molecule has 13 heavy (non-hydrogen) atoms. The zero-order chi connectivity index (χ0) is 8.39. The third-order valence-corrected chi connectivity index (χ3v) is 1.45. The van der Waals surface area contributed by atoms with Gasteiger partial charge in [-0.15, -0.1) is 12.4 Å². The van der Waals surface area contributed by atoms with Gasteiger partial charge in [-0.25, -0.2) is 14.8 Å². The molecular weight excluding hydrogens is 192 g/mol. The van der Waals surface area contributed by atoms with Crippen molar-refractivity contribution < 1.29 is 4.79 Å². The number of hydrogen-bond acceptors (Lipinski definition) is 3. The summed E-state index contributed by atoms with van der Waals surface area (Å²) < 4.78 is 2.75. The number of rotatable bonds is 0. The van der Waals surface area contributed by atoms with E-state index in [1.165, 1.54) is 21.8 Å². The SMILES string of the molecule is Cl.O=C(n1ccnc1)n1ccnc1. The summed E-state index contributed by atoms with van der Waals surface area (Å²) in [5, 5.41) is 0. The van der Waals surface area contributed by atoms with Gasteiger partial charge in [0, 0.05) is 24.8 Å². The van der Waals surface area contributed by atoms with E-state index >= 15 is 0 Å².